The second-order valence-corrected chi connectivity index (χ2v) is 7.29. The van der Waals surface area contributed by atoms with Crippen molar-refractivity contribution in [3.05, 3.63) is 54.6 Å². The number of anilines is 2. The molecule has 0 aliphatic carbocycles. The zero-order valence-electron chi connectivity index (χ0n) is 12.9. The number of benzene rings is 2. The zero-order valence-corrected chi connectivity index (χ0v) is 13.7. The lowest BCUT2D eigenvalue weighted by atomic mass is 10.1. The molecule has 0 spiro atoms. The van der Waals surface area contributed by atoms with Crippen LogP contribution in [0.15, 0.2) is 59.5 Å². The molecule has 0 amide bonds. The van der Waals surface area contributed by atoms with Gasteiger partial charge in [-0.1, -0.05) is 32.0 Å². The van der Waals surface area contributed by atoms with Gasteiger partial charge in [-0.2, -0.15) is 0 Å². The molecule has 0 unspecified atom stereocenters. The van der Waals surface area contributed by atoms with Crippen LogP contribution in [0.3, 0.4) is 0 Å². The molecule has 4 nitrogen and oxygen atoms in total. The Morgan fingerprint density at radius 1 is 0.909 bits per heavy atom. The Bertz CT molecular complexity index is 680. The van der Waals surface area contributed by atoms with Crippen LogP contribution in [0.1, 0.15) is 20.3 Å². The maximum absolute atomic E-state index is 12.2. The Hall–Kier alpha value is -2.01. The van der Waals surface area contributed by atoms with E-state index in [9.17, 15) is 8.42 Å². The van der Waals surface area contributed by atoms with Crippen molar-refractivity contribution in [3.63, 3.8) is 0 Å². The SMILES string of the molecule is CC(C)CCNc1ccc(NS(=O)(=O)c2ccccc2)cc1. The van der Waals surface area contributed by atoms with Crippen molar-refractivity contribution in [1.29, 1.82) is 0 Å². The van der Waals surface area contributed by atoms with Gasteiger partial charge in [-0.05, 0) is 48.7 Å². The Morgan fingerprint density at radius 3 is 2.09 bits per heavy atom. The molecule has 0 atom stereocenters. The Kier molecular flexibility index (Phi) is 5.44. The highest BCUT2D eigenvalue weighted by Crippen LogP contribution is 2.18. The van der Waals surface area contributed by atoms with Crippen LogP contribution in [0.4, 0.5) is 11.4 Å². The third-order valence-corrected chi connectivity index (χ3v) is 4.64. The fourth-order valence-electron chi connectivity index (χ4n) is 1.98. The van der Waals surface area contributed by atoms with Crippen LogP contribution < -0.4 is 10.0 Å². The second kappa shape index (κ2) is 7.31. The summed E-state index contributed by atoms with van der Waals surface area (Å²) in [5.41, 5.74) is 1.54. The van der Waals surface area contributed by atoms with E-state index in [1.54, 1.807) is 42.5 Å². The summed E-state index contributed by atoms with van der Waals surface area (Å²) in [7, 11) is -3.52. The van der Waals surface area contributed by atoms with Gasteiger partial charge in [0, 0.05) is 17.9 Å². The summed E-state index contributed by atoms with van der Waals surface area (Å²) in [6.07, 6.45) is 1.10. The average molecular weight is 318 g/mol. The standard InChI is InChI=1S/C17H22N2O2S/c1-14(2)12-13-18-15-8-10-16(11-9-15)19-22(20,21)17-6-4-3-5-7-17/h3-11,14,18-19H,12-13H2,1-2H3. The first-order chi connectivity index (χ1) is 10.5. The van der Waals surface area contributed by atoms with Gasteiger partial charge >= 0.3 is 0 Å². The first kappa shape index (κ1) is 16.4. The van der Waals surface area contributed by atoms with Crippen LogP contribution in [0.5, 0.6) is 0 Å². The molecule has 0 bridgehead atoms. The maximum Gasteiger partial charge on any atom is 0.261 e. The molecule has 0 aliphatic heterocycles. The van der Waals surface area contributed by atoms with Crippen LogP contribution >= 0.6 is 0 Å². The van der Waals surface area contributed by atoms with Crippen LogP contribution in [0, 0.1) is 5.92 Å². The number of nitrogens with one attached hydrogen (secondary N) is 2. The van der Waals surface area contributed by atoms with Crippen molar-refractivity contribution in [2.45, 2.75) is 25.2 Å². The summed E-state index contributed by atoms with van der Waals surface area (Å²) in [6.45, 7) is 5.28. The van der Waals surface area contributed by atoms with Crippen molar-refractivity contribution >= 4 is 21.4 Å². The van der Waals surface area contributed by atoms with Crippen molar-refractivity contribution in [3.8, 4) is 0 Å². The smallest absolute Gasteiger partial charge is 0.261 e. The molecule has 118 valence electrons. The maximum atomic E-state index is 12.2. The van der Waals surface area contributed by atoms with Gasteiger partial charge in [0.05, 0.1) is 4.90 Å². The van der Waals surface area contributed by atoms with Gasteiger partial charge in [0.1, 0.15) is 0 Å². The number of hydrogen-bond acceptors (Lipinski definition) is 3. The third-order valence-electron chi connectivity index (χ3n) is 3.24. The van der Waals surface area contributed by atoms with Gasteiger partial charge in [0.25, 0.3) is 10.0 Å². The monoisotopic (exact) mass is 318 g/mol. The van der Waals surface area contributed by atoms with Crippen LogP contribution in [0.25, 0.3) is 0 Å². The van der Waals surface area contributed by atoms with Gasteiger partial charge in [-0.15, -0.1) is 0 Å². The lowest BCUT2D eigenvalue weighted by Crippen LogP contribution is -2.12. The predicted molar refractivity (Wildman–Crippen MR) is 91.6 cm³/mol. The van der Waals surface area contributed by atoms with Gasteiger partial charge in [-0.3, -0.25) is 4.72 Å². The second-order valence-electron chi connectivity index (χ2n) is 5.61. The minimum atomic E-state index is -3.52. The number of sulfonamides is 1. The third kappa shape index (κ3) is 4.77. The first-order valence-corrected chi connectivity index (χ1v) is 8.87. The number of rotatable bonds is 7. The van der Waals surface area contributed by atoms with Gasteiger partial charge in [0.2, 0.25) is 0 Å². The molecule has 0 saturated carbocycles. The largest absolute Gasteiger partial charge is 0.385 e. The molecular weight excluding hydrogens is 296 g/mol. The lowest BCUT2D eigenvalue weighted by molar-refractivity contribution is 0.601. The van der Waals surface area contributed by atoms with Crippen LogP contribution in [0.2, 0.25) is 0 Å². The van der Waals surface area contributed by atoms with Crippen molar-refractivity contribution in [2.75, 3.05) is 16.6 Å². The fraction of sp³-hybridized carbons (Fsp3) is 0.294. The summed E-state index contributed by atoms with van der Waals surface area (Å²) < 4.78 is 27.0. The Balaban J connectivity index is 1.99. The molecular formula is C17H22N2O2S. The molecule has 5 heteroatoms. The molecule has 0 heterocycles. The summed E-state index contributed by atoms with van der Waals surface area (Å²) in [4.78, 5) is 0.258. The molecule has 0 aromatic heterocycles. The molecule has 2 N–H and O–H groups in total. The molecule has 0 radical (unpaired) electrons. The Morgan fingerprint density at radius 2 is 1.50 bits per heavy atom. The average Bonchev–Trinajstić information content (AvgIpc) is 2.49. The Labute approximate surface area is 132 Å². The molecule has 0 saturated heterocycles. The minimum absolute atomic E-state index is 0.258. The van der Waals surface area contributed by atoms with Gasteiger partial charge in [-0.25, -0.2) is 8.42 Å². The minimum Gasteiger partial charge on any atom is -0.385 e. The van der Waals surface area contributed by atoms with E-state index in [4.69, 9.17) is 0 Å². The quantitative estimate of drug-likeness (QED) is 0.813. The van der Waals surface area contributed by atoms with Gasteiger partial charge < -0.3 is 5.32 Å². The highest BCUT2D eigenvalue weighted by Gasteiger charge is 2.12. The lowest BCUT2D eigenvalue weighted by Gasteiger charge is -2.11. The van der Waals surface area contributed by atoms with E-state index >= 15 is 0 Å². The van der Waals surface area contributed by atoms with E-state index in [0.717, 1.165) is 18.7 Å². The normalized spacial score (nSPS) is 11.4. The van der Waals surface area contributed by atoms with Crippen LogP contribution in [-0.4, -0.2) is 15.0 Å². The molecule has 2 rings (SSSR count). The van der Waals surface area contributed by atoms with E-state index < -0.39 is 10.0 Å². The van der Waals surface area contributed by atoms with Crippen molar-refractivity contribution < 1.29 is 8.42 Å². The number of hydrogen-bond donors (Lipinski definition) is 2. The van der Waals surface area contributed by atoms with Gasteiger partial charge in [0.15, 0.2) is 0 Å². The first-order valence-electron chi connectivity index (χ1n) is 7.39. The van der Waals surface area contributed by atoms with Crippen molar-refractivity contribution in [2.24, 2.45) is 5.92 Å². The summed E-state index contributed by atoms with van der Waals surface area (Å²) in [5, 5.41) is 3.32. The van der Waals surface area contributed by atoms with Crippen LogP contribution in [-0.2, 0) is 10.0 Å². The van der Waals surface area contributed by atoms with E-state index in [1.807, 2.05) is 12.1 Å². The van der Waals surface area contributed by atoms with E-state index in [1.165, 1.54) is 0 Å². The predicted octanol–water partition coefficient (Wildman–Crippen LogP) is 3.95. The molecule has 0 aliphatic rings. The summed E-state index contributed by atoms with van der Waals surface area (Å²) >= 11 is 0. The van der Waals surface area contributed by atoms with E-state index in [2.05, 4.69) is 23.9 Å². The fourth-order valence-corrected chi connectivity index (χ4v) is 3.05. The topological polar surface area (TPSA) is 58.2 Å². The summed E-state index contributed by atoms with van der Waals surface area (Å²) in [5.74, 6) is 0.657. The van der Waals surface area contributed by atoms with E-state index in [-0.39, 0.29) is 4.90 Å². The molecule has 22 heavy (non-hydrogen) atoms. The van der Waals surface area contributed by atoms with Crippen molar-refractivity contribution in [1.82, 2.24) is 0 Å². The zero-order chi connectivity index (χ0) is 16.0. The molecule has 2 aromatic rings. The highest BCUT2D eigenvalue weighted by molar-refractivity contribution is 7.92. The van der Waals surface area contributed by atoms with E-state index in [0.29, 0.717) is 11.6 Å². The molecule has 2 aromatic carbocycles. The molecule has 0 fully saturated rings. The highest BCUT2D eigenvalue weighted by atomic mass is 32.2. The summed E-state index contributed by atoms with van der Waals surface area (Å²) in [6, 6.07) is 15.6.